The second kappa shape index (κ2) is 4.41. The molecule has 0 unspecified atom stereocenters. The van der Waals surface area contributed by atoms with Gasteiger partial charge in [-0.1, -0.05) is 0 Å². The van der Waals surface area contributed by atoms with Crippen LogP contribution in [0.1, 0.15) is 21.5 Å². The van der Waals surface area contributed by atoms with Crippen molar-refractivity contribution in [2.24, 2.45) is 0 Å². The Labute approximate surface area is 121 Å². The molecule has 2 heterocycles. The SMILES string of the molecule is COc1ccc2c(c1)Cc1cc3c(cc1NC2=O)OCO3. The fourth-order valence-corrected chi connectivity index (χ4v) is 2.71. The molecule has 0 saturated heterocycles. The highest BCUT2D eigenvalue weighted by atomic mass is 16.7. The molecular weight excluding hydrogens is 270 g/mol. The van der Waals surface area contributed by atoms with Crippen LogP contribution >= 0.6 is 0 Å². The topological polar surface area (TPSA) is 56.8 Å². The first kappa shape index (κ1) is 12.1. The van der Waals surface area contributed by atoms with E-state index in [-0.39, 0.29) is 12.7 Å². The van der Waals surface area contributed by atoms with Crippen LogP contribution in [-0.2, 0) is 6.42 Å². The molecule has 5 nitrogen and oxygen atoms in total. The number of nitrogens with one attached hydrogen (secondary N) is 1. The van der Waals surface area contributed by atoms with Crippen molar-refractivity contribution in [2.45, 2.75) is 6.42 Å². The molecular formula is C16H13NO4. The van der Waals surface area contributed by atoms with E-state index in [1.165, 1.54) is 0 Å². The number of rotatable bonds is 1. The van der Waals surface area contributed by atoms with Gasteiger partial charge in [0.1, 0.15) is 5.75 Å². The quantitative estimate of drug-likeness (QED) is 0.874. The van der Waals surface area contributed by atoms with Crippen molar-refractivity contribution in [1.29, 1.82) is 0 Å². The van der Waals surface area contributed by atoms with Crippen LogP contribution in [-0.4, -0.2) is 19.8 Å². The summed E-state index contributed by atoms with van der Waals surface area (Å²) in [6.07, 6.45) is 0.636. The van der Waals surface area contributed by atoms with Crippen LogP contribution in [0.15, 0.2) is 30.3 Å². The number of ether oxygens (including phenoxy) is 3. The summed E-state index contributed by atoms with van der Waals surface area (Å²) >= 11 is 0. The van der Waals surface area contributed by atoms with E-state index in [0.717, 1.165) is 22.6 Å². The molecule has 2 aliphatic heterocycles. The normalized spacial score (nSPS) is 14.8. The molecule has 0 bridgehead atoms. The van der Waals surface area contributed by atoms with Crippen molar-refractivity contribution >= 4 is 11.6 Å². The van der Waals surface area contributed by atoms with Crippen LogP contribution in [0.2, 0.25) is 0 Å². The first-order valence-electron chi connectivity index (χ1n) is 6.65. The number of carbonyl (C=O) groups is 1. The zero-order chi connectivity index (χ0) is 14.4. The average Bonchev–Trinajstić information content (AvgIpc) is 2.88. The molecule has 0 radical (unpaired) electrons. The van der Waals surface area contributed by atoms with Crippen LogP contribution in [0.4, 0.5) is 5.69 Å². The summed E-state index contributed by atoms with van der Waals surface area (Å²) in [6.45, 7) is 0.219. The van der Waals surface area contributed by atoms with Crippen molar-refractivity contribution in [2.75, 3.05) is 19.2 Å². The van der Waals surface area contributed by atoms with Gasteiger partial charge in [0.2, 0.25) is 6.79 Å². The summed E-state index contributed by atoms with van der Waals surface area (Å²) in [6, 6.07) is 9.22. The summed E-state index contributed by atoms with van der Waals surface area (Å²) in [5.41, 5.74) is 3.36. The number of anilines is 1. The zero-order valence-electron chi connectivity index (χ0n) is 11.4. The monoisotopic (exact) mass is 283 g/mol. The molecule has 106 valence electrons. The lowest BCUT2D eigenvalue weighted by atomic mass is 10.00. The molecule has 0 aliphatic carbocycles. The summed E-state index contributed by atoms with van der Waals surface area (Å²) in [5, 5.41) is 2.93. The Balaban J connectivity index is 1.85. The van der Waals surface area contributed by atoms with Gasteiger partial charge in [-0.3, -0.25) is 4.79 Å². The summed E-state index contributed by atoms with van der Waals surface area (Å²) < 4.78 is 16.0. The maximum Gasteiger partial charge on any atom is 0.255 e. The molecule has 5 heteroatoms. The van der Waals surface area contributed by atoms with Gasteiger partial charge in [0.05, 0.1) is 7.11 Å². The van der Waals surface area contributed by atoms with Gasteiger partial charge in [0.15, 0.2) is 11.5 Å². The molecule has 2 aromatic rings. The van der Waals surface area contributed by atoms with Crippen LogP contribution in [0.5, 0.6) is 17.2 Å². The molecule has 0 saturated carbocycles. The van der Waals surface area contributed by atoms with Crippen molar-refractivity contribution in [3.05, 3.63) is 47.0 Å². The summed E-state index contributed by atoms with van der Waals surface area (Å²) in [4.78, 5) is 12.3. The molecule has 0 aromatic heterocycles. The fourth-order valence-electron chi connectivity index (χ4n) is 2.71. The number of fused-ring (bicyclic) bond motifs is 3. The molecule has 2 aromatic carbocycles. The summed E-state index contributed by atoms with van der Waals surface area (Å²) in [5.74, 6) is 2.00. The van der Waals surface area contributed by atoms with E-state index in [1.807, 2.05) is 18.2 Å². The Morgan fingerprint density at radius 1 is 1.10 bits per heavy atom. The smallest absolute Gasteiger partial charge is 0.255 e. The van der Waals surface area contributed by atoms with Gasteiger partial charge in [0.25, 0.3) is 5.91 Å². The van der Waals surface area contributed by atoms with Gasteiger partial charge < -0.3 is 19.5 Å². The predicted octanol–water partition coefficient (Wildman–Crippen LogP) is 2.58. The minimum atomic E-state index is -0.120. The van der Waals surface area contributed by atoms with E-state index < -0.39 is 0 Å². The maximum atomic E-state index is 12.3. The van der Waals surface area contributed by atoms with Crippen molar-refractivity contribution in [3.8, 4) is 17.2 Å². The Hall–Kier alpha value is -2.69. The third kappa shape index (κ3) is 1.89. The fraction of sp³-hybridized carbons (Fsp3) is 0.188. The van der Waals surface area contributed by atoms with Gasteiger partial charge in [-0.05, 0) is 35.4 Å². The lowest BCUT2D eigenvalue weighted by Crippen LogP contribution is -2.11. The number of methoxy groups -OCH3 is 1. The van der Waals surface area contributed by atoms with Crippen LogP contribution in [0, 0.1) is 0 Å². The van der Waals surface area contributed by atoms with Gasteiger partial charge in [-0.2, -0.15) is 0 Å². The number of benzene rings is 2. The molecule has 0 fully saturated rings. The van der Waals surface area contributed by atoms with E-state index in [1.54, 1.807) is 19.2 Å². The minimum absolute atomic E-state index is 0.120. The molecule has 1 amide bonds. The highest BCUT2D eigenvalue weighted by Gasteiger charge is 2.23. The molecule has 1 N–H and O–H groups in total. The van der Waals surface area contributed by atoms with Gasteiger partial charge in [0, 0.05) is 23.7 Å². The highest BCUT2D eigenvalue weighted by molar-refractivity contribution is 6.07. The minimum Gasteiger partial charge on any atom is -0.497 e. The van der Waals surface area contributed by atoms with Crippen molar-refractivity contribution in [1.82, 2.24) is 0 Å². The molecule has 21 heavy (non-hydrogen) atoms. The van der Waals surface area contributed by atoms with Crippen LogP contribution in [0.3, 0.4) is 0 Å². The number of hydrogen-bond acceptors (Lipinski definition) is 4. The number of amides is 1. The number of carbonyl (C=O) groups excluding carboxylic acids is 1. The first-order valence-corrected chi connectivity index (χ1v) is 6.65. The lowest BCUT2D eigenvalue weighted by Gasteiger charge is -2.08. The second-order valence-electron chi connectivity index (χ2n) is 5.02. The Kier molecular flexibility index (Phi) is 2.54. The molecule has 0 atom stereocenters. The summed E-state index contributed by atoms with van der Waals surface area (Å²) in [7, 11) is 1.62. The van der Waals surface area contributed by atoms with Crippen LogP contribution < -0.4 is 19.5 Å². The van der Waals surface area contributed by atoms with Crippen molar-refractivity contribution < 1.29 is 19.0 Å². The average molecular weight is 283 g/mol. The standard InChI is InChI=1S/C16H13NO4/c1-19-11-2-3-12-9(5-11)4-10-6-14-15(21-8-20-14)7-13(10)17-16(12)18/h2-3,5-7H,4,8H2,1H3,(H,17,18). The largest absolute Gasteiger partial charge is 0.497 e. The highest BCUT2D eigenvalue weighted by Crippen LogP contribution is 2.39. The first-order chi connectivity index (χ1) is 10.2. The Morgan fingerprint density at radius 2 is 1.90 bits per heavy atom. The van der Waals surface area contributed by atoms with Gasteiger partial charge in [-0.25, -0.2) is 0 Å². The maximum absolute atomic E-state index is 12.3. The molecule has 4 rings (SSSR count). The van der Waals surface area contributed by atoms with E-state index in [4.69, 9.17) is 14.2 Å². The zero-order valence-corrected chi connectivity index (χ0v) is 11.4. The Morgan fingerprint density at radius 3 is 2.71 bits per heavy atom. The predicted molar refractivity (Wildman–Crippen MR) is 76.3 cm³/mol. The second-order valence-corrected chi connectivity index (χ2v) is 5.02. The van der Waals surface area contributed by atoms with Gasteiger partial charge >= 0.3 is 0 Å². The number of hydrogen-bond donors (Lipinski definition) is 1. The van der Waals surface area contributed by atoms with E-state index >= 15 is 0 Å². The van der Waals surface area contributed by atoms with Crippen LogP contribution in [0.25, 0.3) is 0 Å². The molecule has 0 spiro atoms. The van der Waals surface area contributed by atoms with Crippen molar-refractivity contribution in [3.63, 3.8) is 0 Å². The van der Waals surface area contributed by atoms with Gasteiger partial charge in [-0.15, -0.1) is 0 Å². The third-order valence-corrected chi connectivity index (χ3v) is 3.78. The van der Waals surface area contributed by atoms with E-state index in [0.29, 0.717) is 23.5 Å². The van der Waals surface area contributed by atoms with E-state index in [2.05, 4.69) is 5.32 Å². The van der Waals surface area contributed by atoms with E-state index in [9.17, 15) is 4.79 Å². The third-order valence-electron chi connectivity index (χ3n) is 3.78. The molecule has 2 aliphatic rings. The lowest BCUT2D eigenvalue weighted by molar-refractivity contribution is 0.102. The Bertz CT molecular complexity index is 754.